The second-order valence-corrected chi connectivity index (χ2v) is 12.9. The van der Waals surface area contributed by atoms with Crippen LogP contribution in [0.15, 0.2) is 176 Å². The van der Waals surface area contributed by atoms with E-state index in [1.807, 2.05) is 11.3 Å². The van der Waals surface area contributed by atoms with Crippen LogP contribution in [0.3, 0.4) is 0 Å². The molecule has 1 heterocycles. The van der Waals surface area contributed by atoms with Crippen molar-refractivity contribution < 1.29 is 0 Å². The van der Waals surface area contributed by atoms with Crippen LogP contribution in [0.5, 0.6) is 0 Å². The topological polar surface area (TPSA) is 3.24 Å². The number of benzene rings is 8. The van der Waals surface area contributed by atoms with Crippen molar-refractivity contribution in [2.24, 2.45) is 0 Å². The van der Waals surface area contributed by atoms with Gasteiger partial charge in [-0.15, -0.1) is 11.3 Å². The summed E-state index contributed by atoms with van der Waals surface area (Å²) in [5, 5.41) is 7.70. The first-order chi connectivity index (χ1) is 22.8. The maximum Gasteiger partial charge on any atom is 0.0468 e. The third-order valence-electron chi connectivity index (χ3n) is 9.03. The van der Waals surface area contributed by atoms with Crippen LogP contribution >= 0.6 is 11.3 Å². The molecule has 0 spiro atoms. The number of fused-ring (bicyclic) bond motifs is 5. The molecular formula is C44H29NS. The molecule has 0 fully saturated rings. The van der Waals surface area contributed by atoms with Gasteiger partial charge in [0.2, 0.25) is 0 Å². The van der Waals surface area contributed by atoms with E-state index in [-0.39, 0.29) is 0 Å². The predicted molar refractivity (Wildman–Crippen MR) is 200 cm³/mol. The van der Waals surface area contributed by atoms with Gasteiger partial charge in [-0.25, -0.2) is 0 Å². The zero-order valence-electron chi connectivity index (χ0n) is 25.1. The fourth-order valence-corrected chi connectivity index (χ4v) is 7.97. The minimum atomic E-state index is 1.13. The fourth-order valence-electron chi connectivity index (χ4n) is 6.70. The highest BCUT2D eigenvalue weighted by atomic mass is 32.1. The van der Waals surface area contributed by atoms with E-state index in [1.54, 1.807) is 0 Å². The summed E-state index contributed by atoms with van der Waals surface area (Å²) >= 11 is 1.89. The van der Waals surface area contributed by atoms with Crippen molar-refractivity contribution >= 4 is 70.1 Å². The lowest BCUT2D eigenvalue weighted by molar-refractivity contribution is 1.29. The Morgan fingerprint density at radius 2 is 0.913 bits per heavy atom. The molecule has 0 N–H and O–H groups in total. The molecule has 0 bridgehead atoms. The summed E-state index contributed by atoms with van der Waals surface area (Å²) in [4.78, 5) is 2.36. The van der Waals surface area contributed by atoms with Gasteiger partial charge < -0.3 is 4.90 Å². The molecule has 9 rings (SSSR count). The zero-order chi connectivity index (χ0) is 30.5. The Balaban J connectivity index is 1.14. The molecule has 1 nitrogen and oxygen atoms in total. The van der Waals surface area contributed by atoms with Crippen LogP contribution in [0, 0.1) is 0 Å². The molecule has 0 saturated carbocycles. The van der Waals surface area contributed by atoms with Gasteiger partial charge in [0.1, 0.15) is 0 Å². The molecule has 1 aromatic heterocycles. The van der Waals surface area contributed by atoms with E-state index in [0.29, 0.717) is 0 Å². The highest BCUT2D eigenvalue weighted by Gasteiger charge is 2.16. The summed E-state index contributed by atoms with van der Waals surface area (Å²) in [5.41, 5.74) is 8.32. The van der Waals surface area contributed by atoms with Crippen LogP contribution in [0.4, 0.5) is 17.1 Å². The first kappa shape index (κ1) is 26.7. The molecule has 0 aliphatic rings. The predicted octanol–water partition coefficient (Wildman–Crippen LogP) is 13.2. The minimum absolute atomic E-state index is 1.13. The van der Waals surface area contributed by atoms with Gasteiger partial charge >= 0.3 is 0 Å². The van der Waals surface area contributed by atoms with E-state index < -0.39 is 0 Å². The summed E-state index contributed by atoms with van der Waals surface area (Å²) < 4.78 is 2.67. The molecule has 2 heteroatoms. The van der Waals surface area contributed by atoms with Crippen molar-refractivity contribution in [3.05, 3.63) is 176 Å². The molecule has 9 aromatic rings. The van der Waals surface area contributed by atoms with Crippen molar-refractivity contribution in [1.82, 2.24) is 0 Å². The average molecular weight is 604 g/mol. The van der Waals surface area contributed by atoms with Crippen molar-refractivity contribution in [3.63, 3.8) is 0 Å². The molecule has 0 amide bonds. The summed E-state index contributed by atoms with van der Waals surface area (Å²) in [6.45, 7) is 0. The SMILES string of the molecule is c1ccc(-c2ccc(N(c3ccc(-c4cccc5c4sc4cc6ccccc6cc45)cc3)c3ccc4ccccc4c3)cc2)cc1. The highest BCUT2D eigenvalue weighted by molar-refractivity contribution is 7.26. The zero-order valence-corrected chi connectivity index (χ0v) is 25.9. The van der Waals surface area contributed by atoms with Gasteiger partial charge in [-0.05, 0) is 92.3 Å². The molecule has 0 atom stereocenters. The lowest BCUT2D eigenvalue weighted by Gasteiger charge is -2.26. The third-order valence-corrected chi connectivity index (χ3v) is 10.2. The Bertz CT molecular complexity index is 2510. The number of nitrogens with zero attached hydrogens (tertiary/aromatic N) is 1. The Labute approximate surface area is 272 Å². The summed E-state index contributed by atoms with van der Waals surface area (Å²) in [6, 6.07) is 63.9. The van der Waals surface area contributed by atoms with Gasteiger partial charge in [-0.1, -0.05) is 127 Å². The quantitative estimate of drug-likeness (QED) is 0.189. The van der Waals surface area contributed by atoms with E-state index in [2.05, 4.69) is 181 Å². The van der Waals surface area contributed by atoms with Crippen LogP contribution in [-0.2, 0) is 0 Å². The van der Waals surface area contributed by atoms with Crippen LogP contribution in [0.1, 0.15) is 0 Å². The van der Waals surface area contributed by atoms with E-state index in [9.17, 15) is 0 Å². The largest absolute Gasteiger partial charge is 0.310 e. The highest BCUT2D eigenvalue weighted by Crippen LogP contribution is 2.43. The smallest absolute Gasteiger partial charge is 0.0468 e. The van der Waals surface area contributed by atoms with Crippen molar-refractivity contribution in [2.45, 2.75) is 0 Å². The Kier molecular flexibility index (Phi) is 6.40. The molecule has 0 unspecified atom stereocenters. The van der Waals surface area contributed by atoms with Crippen LogP contribution in [-0.4, -0.2) is 0 Å². The Hall–Kier alpha value is -5.70. The van der Waals surface area contributed by atoms with Crippen LogP contribution in [0.2, 0.25) is 0 Å². The fraction of sp³-hybridized carbons (Fsp3) is 0. The molecule has 46 heavy (non-hydrogen) atoms. The number of rotatable bonds is 5. The average Bonchev–Trinajstić information content (AvgIpc) is 3.49. The Morgan fingerprint density at radius 1 is 0.348 bits per heavy atom. The van der Waals surface area contributed by atoms with E-state index in [1.165, 1.54) is 64.0 Å². The normalized spacial score (nSPS) is 11.5. The number of hydrogen-bond donors (Lipinski definition) is 0. The van der Waals surface area contributed by atoms with Crippen molar-refractivity contribution in [1.29, 1.82) is 0 Å². The maximum absolute atomic E-state index is 2.36. The number of hydrogen-bond acceptors (Lipinski definition) is 2. The number of anilines is 3. The molecule has 0 radical (unpaired) electrons. The van der Waals surface area contributed by atoms with Crippen molar-refractivity contribution in [2.75, 3.05) is 4.90 Å². The molecule has 8 aromatic carbocycles. The third kappa shape index (κ3) is 4.63. The first-order valence-corrected chi connectivity index (χ1v) is 16.5. The van der Waals surface area contributed by atoms with Gasteiger partial charge in [-0.2, -0.15) is 0 Å². The lowest BCUT2D eigenvalue weighted by Crippen LogP contribution is -2.09. The summed E-state index contributed by atoms with van der Waals surface area (Å²) in [6.07, 6.45) is 0. The van der Waals surface area contributed by atoms with Gasteiger partial charge in [0.25, 0.3) is 0 Å². The minimum Gasteiger partial charge on any atom is -0.310 e. The molecular weight excluding hydrogens is 575 g/mol. The first-order valence-electron chi connectivity index (χ1n) is 15.7. The van der Waals surface area contributed by atoms with E-state index in [0.717, 1.165) is 17.1 Å². The van der Waals surface area contributed by atoms with Gasteiger partial charge in [0.15, 0.2) is 0 Å². The second-order valence-electron chi connectivity index (χ2n) is 11.8. The lowest BCUT2D eigenvalue weighted by atomic mass is 10.0. The monoisotopic (exact) mass is 603 g/mol. The summed E-state index contributed by atoms with van der Waals surface area (Å²) in [5.74, 6) is 0. The van der Waals surface area contributed by atoms with Crippen LogP contribution in [0.25, 0.3) is 64.0 Å². The molecule has 0 saturated heterocycles. The van der Waals surface area contributed by atoms with E-state index in [4.69, 9.17) is 0 Å². The van der Waals surface area contributed by atoms with Gasteiger partial charge in [0, 0.05) is 37.2 Å². The second kappa shape index (κ2) is 11.0. The maximum atomic E-state index is 2.36. The molecule has 216 valence electrons. The van der Waals surface area contributed by atoms with Crippen LogP contribution < -0.4 is 4.90 Å². The molecule has 0 aliphatic heterocycles. The standard InChI is InChI=1S/C44H29NS/c1-2-9-30(10-3-1)32-17-22-37(23-18-32)45(39-26-19-31-11-4-5-12-34(31)27-39)38-24-20-33(21-25-38)40-15-8-16-41-42-28-35-13-6-7-14-36(35)29-43(42)46-44(40)41/h1-29H. The van der Waals surface area contributed by atoms with Gasteiger partial charge in [0.05, 0.1) is 0 Å². The van der Waals surface area contributed by atoms with Gasteiger partial charge in [-0.3, -0.25) is 0 Å². The Morgan fingerprint density at radius 3 is 1.63 bits per heavy atom. The van der Waals surface area contributed by atoms with E-state index >= 15 is 0 Å². The summed E-state index contributed by atoms with van der Waals surface area (Å²) in [7, 11) is 0. The number of thiophene rings is 1. The van der Waals surface area contributed by atoms with Crippen molar-refractivity contribution in [3.8, 4) is 22.3 Å². The molecule has 0 aliphatic carbocycles.